The van der Waals surface area contributed by atoms with Gasteiger partial charge in [-0.1, -0.05) is 121 Å². The molecular formula is C35H23NS. The highest BCUT2D eigenvalue weighted by molar-refractivity contribution is 7.21. The van der Waals surface area contributed by atoms with Gasteiger partial charge in [0, 0.05) is 43.2 Å². The normalized spacial score (nSPS) is 11.2. The van der Waals surface area contributed by atoms with Crippen LogP contribution in [-0.2, 0) is 0 Å². The Morgan fingerprint density at radius 1 is 0.405 bits per heavy atom. The van der Waals surface area contributed by atoms with Crippen LogP contribution < -0.4 is 0 Å². The molecule has 0 saturated heterocycles. The van der Waals surface area contributed by atoms with Gasteiger partial charge in [-0.25, -0.2) is 0 Å². The first kappa shape index (κ1) is 21.7. The molecule has 0 fully saturated rings. The monoisotopic (exact) mass is 489 g/mol. The molecule has 1 nitrogen and oxygen atoms in total. The fraction of sp³-hybridized carbons (Fsp3) is 0. The number of hydrogen-bond acceptors (Lipinski definition) is 2. The molecule has 0 aliphatic rings. The Labute approximate surface area is 220 Å². The highest BCUT2D eigenvalue weighted by Crippen LogP contribution is 2.50. The smallest absolute Gasteiger partial charge is 0.0708 e. The zero-order chi connectivity index (χ0) is 24.6. The molecule has 0 saturated carbocycles. The van der Waals surface area contributed by atoms with Crippen LogP contribution in [0.3, 0.4) is 0 Å². The summed E-state index contributed by atoms with van der Waals surface area (Å²) in [6, 6.07) is 47.6. The minimum absolute atomic E-state index is 1.01. The van der Waals surface area contributed by atoms with Crippen molar-refractivity contribution in [2.45, 2.75) is 0 Å². The van der Waals surface area contributed by atoms with Gasteiger partial charge in [-0.3, -0.25) is 4.98 Å². The summed E-state index contributed by atoms with van der Waals surface area (Å²) in [4.78, 5) is 7.29. The SMILES string of the molecule is c1ccc(-c2ccccc2-c2sc(-c3c(-c4ccccc4)ccc4ncccc34)c3ccccc23)cc1. The third kappa shape index (κ3) is 3.74. The molecule has 37 heavy (non-hydrogen) atoms. The topological polar surface area (TPSA) is 12.9 Å². The first-order chi connectivity index (χ1) is 18.4. The number of benzene rings is 5. The summed E-state index contributed by atoms with van der Waals surface area (Å²) in [6.45, 7) is 0. The predicted molar refractivity (Wildman–Crippen MR) is 159 cm³/mol. The minimum Gasteiger partial charge on any atom is -0.256 e. The van der Waals surface area contributed by atoms with Gasteiger partial charge < -0.3 is 0 Å². The highest BCUT2D eigenvalue weighted by atomic mass is 32.1. The molecule has 2 aromatic heterocycles. The number of nitrogens with zero attached hydrogens (tertiary/aromatic N) is 1. The van der Waals surface area contributed by atoms with Gasteiger partial charge in [-0.15, -0.1) is 11.3 Å². The van der Waals surface area contributed by atoms with Crippen LogP contribution in [0.15, 0.2) is 140 Å². The molecule has 7 aromatic rings. The molecule has 0 radical (unpaired) electrons. The van der Waals surface area contributed by atoms with E-state index in [0.717, 1.165) is 5.52 Å². The molecule has 2 heteroatoms. The molecule has 0 atom stereocenters. The van der Waals surface area contributed by atoms with Crippen LogP contribution in [0.25, 0.3) is 64.8 Å². The van der Waals surface area contributed by atoms with Gasteiger partial charge in [0.2, 0.25) is 0 Å². The van der Waals surface area contributed by atoms with Crippen molar-refractivity contribution in [3.8, 4) is 43.1 Å². The maximum Gasteiger partial charge on any atom is 0.0708 e. The standard InChI is InChI=1S/C35H23NS/c1-3-12-24(13-4-1)26-16-7-8-17-28(26)34-29-18-9-10-19-30(29)35(37-34)33-27(25-14-5-2-6-15-25)21-22-32-31(33)20-11-23-36-32/h1-23H. The van der Waals surface area contributed by atoms with E-state index in [1.165, 1.54) is 59.3 Å². The van der Waals surface area contributed by atoms with Crippen LogP contribution >= 0.6 is 11.3 Å². The van der Waals surface area contributed by atoms with Crippen molar-refractivity contribution >= 4 is 33.0 Å². The average Bonchev–Trinajstić information content (AvgIpc) is 3.36. The van der Waals surface area contributed by atoms with E-state index in [-0.39, 0.29) is 0 Å². The summed E-state index contributed by atoms with van der Waals surface area (Å²) >= 11 is 1.88. The lowest BCUT2D eigenvalue weighted by atomic mass is 9.93. The van der Waals surface area contributed by atoms with E-state index in [1.54, 1.807) is 0 Å². The van der Waals surface area contributed by atoms with Gasteiger partial charge in [0.05, 0.1) is 5.52 Å². The second kappa shape index (κ2) is 9.16. The van der Waals surface area contributed by atoms with E-state index >= 15 is 0 Å². The van der Waals surface area contributed by atoms with E-state index in [9.17, 15) is 0 Å². The van der Waals surface area contributed by atoms with Crippen LogP contribution in [0.4, 0.5) is 0 Å². The quantitative estimate of drug-likeness (QED) is 0.240. The summed E-state index contributed by atoms with van der Waals surface area (Å²) in [5.41, 5.74) is 8.46. The average molecular weight is 490 g/mol. The van der Waals surface area contributed by atoms with Crippen molar-refractivity contribution in [1.82, 2.24) is 4.98 Å². The number of thiophene rings is 1. The van der Waals surface area contributed by atoms with Crippen LogP contribution in [-0.4, -0.2) is 4.98 Å². The van der Waals surface area contributed by atoms with E-state index in [2.05, 4.69) is 127 Å². The fourth-order valence-corrected chi connectivity index (χ4v) is 6.67. The summed E-state index contributed by atoms with van der Waals surface area (Å²) in [5.74, 6) is 0. The fourth-order valence-electron chi connectivity index (χ4n) is 5.28. The number of pyridine rings is 1. The molecule has 2 heterocycles. The van der Waals surface area contributed by atoms with Gasteiger partial charge in [0.1, 0.15) is 0 Å². The summed E-state index contributed by atoms with van der Waals surface area (Å²) in [6.07, 6.45) is 1.88. The number of rotatable bonds is 4. The summed E-state index contributed by atoms with van der Waals surface area (Å²) in [5, 5.41) is 3.74. The molecule has 0 aliphatic carbocycles. The lowest BCUT2D eigenvalue weighted by molar-refractivity contribution is 1.41. The molecule has 5 aromatic carbocycles. The van der Waals surface area contributed by atoms with Crippen LogP contribution in [0.1, 0.15) is 0 Å². The largest absolute Gasteiger partial charge is 0.256 e. The van der Waals surface area contributed by atoms with Crippen molar-refractivity contribution < 1.29 is 0 Å². The summed E-state index contributed by atoms with van der Waals surface area (Å²) in [7, 11) is 0. The van der Waals surface area contributed by atoms with Gasteiger partial charge in [-0.05, 0) is 34.4 Å². The Morgan fingerprint density at radius 2 is 0.973 bits per heavy atom. The van der Waals surface area contributed by atoms with E-state index in [4.69, 9.17) is 4.98 Å². The third-order valence-electron chi connectivity index (χ3n) is 6.97. The molecule has 7 rings (SSSR count). The zero-order valence-corrected chi connectivity index (χ0v) is 21.0. The molecule has 0 spiro atoms. The van der Waals surface area contributed by atoms with Crippen molar-refractivity contribution in [3.63, 3.8) is 0 Å². The molecular weight excluding hydrogens is 466 g/mol. The van der Waals surface area contributed by atoms with Crippen molar-refractivity contribution in [1.29, 1.82) is 0 Å². The summed E-state index contributed by atoms with van der Waals surface area (Å²) < 4.78 is 0. The molecule has 174 valence electrons. The second-order valence-corrected chi connectivity index (χ2v) is 10.2. The van der Waals surface area contributed by atoms with Crippen LogP contribution in [0.5, 0.6) is 0 Å². The number of hydrogen-bond donors (Lipinski definition) is 0. The maximum absolute atomic E-state index is 4.71. The van der Waals surface area contributed by atoms with Gasteiger partial charge in [0.25, 0.3) is 0 Å². The molecule has 0 aliphatic heterocycles. The molecule has 0 unspecified atom stereocenters. The lowest BCUT2D eigenvalue weighted by Crippen LogP contribution is -1.88. The highest BCUT2D eigenvalue weighted by Gasteiger charge is 2.21. The van der Waals surface area contributed by atoms with Crippen molar-refractivity contribution in [2.75, 3.05) is 0 Å². The molecule has 0 amide bonds. The predicted octanol–water partition coefficient (Wildman–Crippen LogP) is 10.1. The van der Waals surface area contributed by atoms with E-state index < -0.39 is 0 Å². The van der Waals surface area contributed by atoms with E-state index in [1.807, 2.05) is 23.6 Å². The van der Waals surface area contributed by atoms with Gasteiger partial charge >= 0.3 is 0 Å². The lowest BCUT2D eigenvalue weighted by Gasteiger charge is -2.13. The number of fused-ring (bicyclic) bond motifs is 2. The number of aromatic nitrogens is 1. The van der Waals surface area contributed by atoms with E-state index in [0.29, 0.717) is 0 Å². The molecule has 0 N–H and O–H groups in total. The first-order valence-electron chi connectivity index (χ1n) is 12.5. The Bertz CT molecular complexity index is 1870. The Balaban J connectivity index is 1.56. The molecule has 0 bridgehead atoms. The Morgan fingerprint density at radius 3 is 1.70 bits per heavy atom. The minimum atomic E-state index is 1.01. The van der Waals surface area contributed by atoms with Crippen molar-refractivity contribution in [3.05, 3.63) is 140 Å². The van der Waals surface area contributed by atoms with Crippen LogP contribution in [0, 0.1) is 0 Å². The third-order valence-corrected chi connectivity index (χ3v) is 8.25. The maximum atomic E-state index is 4.71. The van der Waals surface area contributed by atoms with Gasteiger partial charge in [-0.2, -0.15) is 0 Å². The van der Waals surface area contributed by atoms with Crippen LogP contribution in [0.2, 0.25) is 0 Å². The Hall–Kier alpha value is -4.53. The van der Waals surface area contributed by atoms with Gasteiger partial charge in [0.15, 0.2) is 0 Å². The second-order valence-electron chi connectivity index (χ2n) is 9.14. The van der Waals surface area contributed by atoms with Crippen molar-refractivity contribution in [2.24, 2.45) is 0 Å². The first-order valence-corrected chi connectivity index (χ1v) is 13.3. The Kier molecular flexibility index (Phi) is 5.38. The zero-order valence-electron chi connectivity index (χ0n) is 20.1.